The fourth-order valence-electron chi connectivity index (χ4n) is 4.61. The van der Waals surface area contributed by atoms with Crippen LogP contribution in [0.25, 0.3) is 11.1 Å². The van der Waals surface area contributed by atoms with Crippen molar-refractivity contribution in [2.24, 2.45) is 0 Å². The number of hydrogen-bond acceptors (Lipinski definition) is 6. The Balaban J connectivity index is 1.47. The molecule has 1 aliphatic heterocycles. The van der Waals surface area contributed by atoms with E-state index in [0.717, 1.165) is 16.5 Å². The molecule has 1 N–H and O–H groups in total. The number of halogens is 3. The predicted octanol–water partition coefficient (Wildman–Crippen LogP) is 5.83. The van der Waals surface area contributed by atoms with Crippen molar-refractivity contribution in [1.82, 2.24) is 9.88 Å². The van der Waals surface area contributed by atoms with Gasteiger partial charge in [0.15, 0.2) is 5.11 Å². The minimum atomic E-state index is -4.77. The molecule has 3 aromatic rings. The fourth-order valence-corrected chi connectivity index (χ4v) is 5.11. The van der Waals surface area contributed by atoms with Gasteiger partial charge in [0.2, 0.25) is 0 Å². The van der Waals surface area contributed by atoms with Crippen LogP contribution in [0.4, 0.5) is 18.9 Å². The van der Waals surface area contributed by atoms with Crippen LogP contribution < -0.4 is 9.64 Å². The standard InChI is InChI=1S/C28H25F3N4O3S/c1-17-22(8-5-19(16-32)24(17)28(29,30)31)35-25(37)27(2,3)34(26(35)39)13-4-14-38-20-6-7-21(23(36)15-20)18-9-11-33-12-10-18/h5-12,15,36H,4,13-14H2,1-3H3. The molecule has 0 atom stereocenters. The monoisotopic (exact) mass is 554 g/mol. The van der Waals surface area contributed by atoms with Crippen LogP contribution in [0.15, 0.2) is 54.9 Å². The number of aromatic hydroxyl groups is 1. The molecule has 7 nitrogen and oxygen atoms in total. The van der Waals surface area contributed by atoms with E-state index in [9.17, 15) is 28.3 Å². The number of ether oxygens (including phenoxy) is 1. The van der Waals surface area contributed by atoms with Gasteiger partial charge in [-0.2, -0.15) is 18.4 Å². The van der Waals surface area contributed by atoms with Gasteiger partial charge in [-0.15, -0.1) is 0 Å². The first-order chi connectivity index (χ1) is 18.4. The number of hydrogen-bond donors (Lipinski definition) is 1. The lowest BCUT2D eigenvalue weighted by Gasteiger charge is -2.29. The lowest BCUT2D eigenvalue weighted by Crippen LogP contribution is -2.44. The van der Waals surface area contributed by atoms with Crippen LogP contribution in [0, 0.1) is 18.3 Å². The highest BCUT2D eigenvalue weighted by molar-refractivity contribution is 7.80. The van der Waals surface area contributed by atoms with E-state index >= 15 is 0 Å². The maximum absolute atomic E-state index is 13.7. The molecular formula is C28H25F3N4O3S. The second-order valence-electron chi connectivity index (χ2n) is 9.49. The molecule has 1 fully saturated rings. The number of nitriles is 1. The van der Waals surface area contributed by atoms with E-state index in [0.29, 0.717) is 24.3 Å². The molecule has 39 heavy (non-hydrogen) atoms. The molecular weight excluding hydrogens is 529 g/mol. The molecule has 1 aliphatic rings. The zero-order valence-corrected chi connectivity index (χ0v) is 22.2. The quantitative estimate of drug-likeness (QED) is 0.290. The highest BCUT2D eigenvalue weighted by atomic mass is 32.1. The van der Waals surface area contributed by atoms with Crippen molar-refractivity contribution in [3.8, 4) is 28.7 Å². The van der Waals surface area contributed by atoms with Crippen molar-refractivity contribution >= 4 is 28.9 Å². The maximum Gasteiger partial charge on any atom is 0.418 e. The van der Waals surface area contributed by atoms with Crippen molar-refractivity contribution in [2.45, 2.75) is 38.9 Å². The molecule has 0 aliphatic carbocycles. The molecule has 2 heterocycles. The van der Waals surface area contributed by atoms with E-state index in [1.165, 1.54) is 19.1 Å². The summed E-state index contributed by atoms with van der Waals surface area (Å²) in [5, 5.41) is 19.7. The van der Waals surface area contributed by atoms with Gasteiger partial charge in [-0.05, 0) is 86.9 Å². The number of nitrogens with zero attached hydrogens (tertiary/aromatic N) is 4. The topological polar surface area (TPSA) is 89.7 Å². The smallest absolute Gasteiger partial charge is 0.418 e. The molecule has 0 spiro atoms. The number of carbonyl (C=O) groups is 1. The molecule has 4 rings (SSSR count). The summed E-state index contributed by atoms with van der Waals surface area (Å²) in [6.45, 7) is 5.08. The summed E-state index contributed by atoms with van der Waals surface area (Å²) in [7, 11) is 0. The number of anilines is 1. The van der Waals surface area contributed by atoms with Crippen LogP contribution in [-0.4, -0.2) is 44.7 Å². The Hall–Kier alpha value is -4.17. The van der Waals surface area contributed by atoms with Gasteiger partial charge >= 0.3 is 6.18 Å². The summed E-state index contributed by atoms with van der Waals surface area (Å²) in [5.74, 6) is 0.0444. The molecule has 0 radical (unpaired) electrons. The summed E-state index contributed by atoms with van der Waals surface area (Å²) in [5.41, 5.74) is -1.51. The predicted molar refractivity (Wildman–Crippen MR) is 143 cm³/mol. The van der Waals surface area contributed by atoms with Gasteiger partial charge in [0.1, 0.15) is 17.0 Å². The van der Waals surface area contributed by atoms with Crippen LogP contribution in [0.1, 0.15) is 37.0 Å². The maximum atomic E-state index is 13.7. The number of aromatic nitrogens is 1. The van der Waals surface area contributed by atoms with E-state index in [4.69, 9.17) is 17.0 Å². The minimum Gasteiger partial charge on any atom is -0.507 e. The highest BCUT2D eigenvalue weighted by Gasteiger charge is 2.50. The number of thiocarbonyl (C=S) groups is 1. The van der Waals surface area contributed by atoms with E-state index in [2.05, 4.69) is 4.98 Å². The summed E-state index contributed by atoms with van der Waals surface area (Å²) in [4.78, 5) is 20.1. The Morgan fingerprint density at radius 1 is 1.15 bits per heavy atom. The third-order valence-corrected chi connectivity index (χ3v) is 7.06. The summed E-state index contributed by atoms with van der Waals surface area (Å²) in [6.07, 6.45) is -1.06. The van der Waals surface area contributed by atoms with Crippen LogP contribution in [-0.2, 0) is 11.0 Å². The molecule has 1 saturated heterocycles. The number of phenols is 1. The Kier molecular flexibility index (Phi) is 7.52. The Labute approximate surface area is 229 Å². The Bertz CT molecular complexity index is 1470. The molecule has 202 valence electrons. The molecule has 11 heteroatoms. The normalized spacial score (nSPS) is 15.0. The van der Waals surface area contributed by atoms with E-state index in [-0.39, 0.29) is 28.7 Å². The minimum absolute atomic E-state index is 0.00656. The van der Waals surface area contributed by atoms with Crippen LogP contribution in [0.2, 0.25) is 0 Å². The van der Waals surface area contributed by atoms with Crippen molar-refractivity contribution in [3.63, 3.8) is 0 Å². The molecule has 0 bridgehead atoms. The number of carbonyl (C=O) groups excluding carboxylic acids is 1. The SMILES string of the molecule is Cc1c(N2C(=O)C(C)(C)N(CCCOc3ccc(-c4ccncc4)c(O)c3)C2=S)ccc(C#N)c1C(F)(F)F. The molecule has 2 aromatic carbocycles. The first-order valence-corrected chi connectivity index (χ1v) is 12.4. The Morgan fingerprint density at radius 2 is 1.85 bits per heavy atom. The van der Waals surface area contributed by atoms with Gasteiger partial charge in [0, 0.05) is 30.6 Å². The van der Waals surface area contributed by atoms with Crippen molar-refractivity contribution in [2.75, 3.05) is 18.1 Å². The lowest BCUT2D eigenvalue weighted by molar-refractivity contribution is -0.138. The van der Waals surface area contributed by atoms with Gasteiger partial charge < -0.3 is 14.7 Å². The number of phenolic OH excluding ortho intramolecular Hbond substituents is 1. The Morgan fingerprint density at radius 3 is 2.46 bits per heavy atom. The third-order valence-electron chi connectivity index (χ3n) is 6.66. The average Bonchev–Trinajstić information content (AvgIpc) is 3.05. The summed E-state index contributed by atoms with van der Waals surface area (Å²) < 4.78 is 47.0. The van der Waals surface area contributed by atoms with E-state index in [1.54, 1.807) is 61.5 Å². The van der Waals surface area contributed by atoms with Crippen molar-refractivity contribution < 1.29 is 27.8 Å². The van der Waals surface area contributed by atoms with Gasteiger partial charge in [-0.1, -0.05) is 0 Å². The van der Waals surface area contributed by atoms with Gasteiger partial charge in [-0.25, -0.2) is 0 Å². The van der Waals surface area contributed by atoms with E-state index < -0.39 is 28.7 Å². The number of amides is 1. The summed E-state index contributed by atoms with van der Waals surface area (Å²) in [6, 6.07) is 12.5. The molecule has 0 unspecified atom stereocenters. The summed E-state index contributed by atoms with van der Waals surface area (Å²) >= 11 is 5.55. The first kappa shape index (κ1) is 27.9. The number of pyridine rings is 1. The number of benzene rings is 2. The average molecular weight is 555 g/mol. The third kappa shape index (κ3) is 5.25. The number of alkyl halides is 3. The van der Waals surface area contributed by atoms with Crippen molar-refractivity contribution in [1.29, 1.82) is 5.26 Å². The van der Waals surface area contributed by atoms with E-state index in [1.807, 2.05) is 0 Å². The second-order valence-corrected chi connectivity index (χ2v) is 9.86. The lowest BCUT2D eigenvalue weighted by atomic mass is 9.98. The molecule has 1 aromatic heterocycles. The number of rotatable bonds is 7. The second kappa shape index (κ2) is 10.5. The van der Waals surface area contributed by atoms with Gasteiger partial charge in [0.05, 0.1) is 29.5 Å². The largest absolute Gasteiger partial charge is 0.507 e. The molecule has 1 amide bonds. The highest BCUT2D eigenvalue weighted by Crippen LogP contribution is 2.41. The fraction of sp³-hybridized carbons (Fsp3) is 0.286. The van der Waals surface area contributed by atoms with Gasteiger partial charge in [-0.3, -0.25) is 14.7 Å². The molecule has 0 saturated carbocycles. The van der Waals surface area contributed by atoms with Crippen molar-refractivity contribution in [3.05, 3.63) is 71.5 Å². The van der Waals surface area contributed by atoms with Crippen LogP contribution in [0.5, 0.6) is 11.5 Å². The zero-order chi connectivity index (χ0) is 28.5. The van der Waals surface area contributed by atoms with Crippen LogP contribution >= 0.6 is 12.2 Å². The zero-order valence-electron chi connectivity index (χ0n) is 21.4. The van der Waals surface area contributed by atoms with Gasteiger partial charge in [0.25, 0.3) is 5.91 Å². The van der Waals surface area contributed by atoms with Crippen LogP contribution in [0.3, 0.4) is 0 Å². The first-order valence-electron chi connectivity index (χ1n) is 12.0.